The normalized spacial score (nSPS) is 11.1. The van der Waals surface area contributed by atoms with Gasteiger partial charge in [-0.25, -0.2) is 13.6 Å². The van der Waals surface area contributed by atoms with Crippen LogP contribution >= 0.6 is 0 Å². The number of halogens is 1. The Labute approximate surface area is 135 Å². The molecule has 6 nitrogen and oxygen atoms in total. The van der Waals surface area contributed by atoms with E-state index in [1.54, 1.807) is 48.4 Å². The highest BCUT2D eigenvalue weighted by Crippen LogP contribution is 2.33. The first-order valence-electron chi connectivity index (χ1n) is 7.26. The smallest absolute Gasteiger partial charge is 0.266 e. The van der Waals surface area contributed by atoms with E-state index in [4.69, 9.17) is 0 Å². The third-order valence-corrected chi connectivity index (χ3v) is 3.77. The van der Waals surface area contributed by atoms with Gasteiger partial charge in [-0.15, -0.1) is 0 Å². The number of aromatic nitrogens is 5. The number of nitrogens with zero attached hydrogens (tertiary/aromatic N) is 5. The molecule has 1 aromatic carbocycles. The standard InChI is InChI=1S/C17H12FN5O/c1-22-15(24)7-6-13(20-22)16-14-10-19-8-9-23(14)21-17(16)11-2-4-12(18)5-3-11/h2-10H,1H3. The summed E-state index contributed by atoms with van der Waals surface area (Å²) in [5.74, 6) is -0.314. The number of rotatable bonds is 2. The van der Waals surface area contributed by atoms with Crippen LogP contribution in [0, 0.1) is 5.82 Å². The maximum Gasteiger partial charge on any atom is 0.266 e. The summed E-state index contributed by atoms with van der Waals surface area (Å²) in [6, 6.07) is 9.20. The summed E-state index contributed by atoms with van der Waals surface area (Å²) in [6.07, 6.45) is 5.04. The molecule has 0 bridgehead atoms. The van der Waals surface area contributed by atoms with E-state index in [2.05, 4.69) is 15.2 Å². The van der Waals surface area contributed by atoms with Crippen LogP contribution in [-0.2, 0) is 7.05 Å². The topological polar surface area (TPSA) is 65.1 Å². The largest absolute Gasteiger partial charge is 0.268 e. The second-order valence-electron chi connectivity index (χ2n) is 5.32. The van der Waals surface area contributed by atoms with Crippen LogP contribution in [0.15, 0.2) is 59.8 Å². The highest BCUT2D eigenvalue weighted by atomic mass is 19.1. The minimum atomic E-state index is -0.314. The minimum Gasteiger partial charge on any atom is -0.268 e. The molecule has 0 N–H and O–H groups in total. The lowest BCUT2D eigenvalue weighted by Gasteiger charge is -2.04. The maximum absolute atomic E-state index is 13.2. The number of benzene rings is 1. The fourth-order valence-electron chi connectivity index (χ4n) is 2.60. The van der Waals surface area contributed by atoms with Gasteiger partial charge in [0.05, 0.1) is 23.0 Å². The Hall–Kier alpha value is -3.35. The van der Waals surface area contributed by atoms with Crippen molar-refractivity contribution >= 4 is 5.52 Å². The average molecular weight is 321 g/mol. The van der Waals surface area contributed by atoms with E-state index in [9.17, 15) is 9.18 Å². The summed E-state index contributed by atoms with van der Waals surface area (Å²) < 4.78 is 16.2. The molecule has 4 aromatic rings. The molecule has 0 saturated carbocycles. The van der Waals surface area contributed by atoms with E-state index in [0.717, 1.165) is 16.6 Å². The van der Waals surface area contributed by atoms with Crippen LogP contribution in [0.2, 0.25) is 0 Å². The van der Waals surface area contributed by atoms with Gasteiger partial charge in [0.2, 0.25) is 0 Å². The first kappa shape index (κ1) is 14.3. The van der Waals surface area contributed by atoms with E-state index in [0.29, 0.717) is 11.4 Å². The molecule has 0 spiro atoms. The maximum atomic E-state index is 13.2. The van der Waals surface area contributed by atoms with Gasteiger partial charge < -0.3 is 0 Å². The highest BCUT2D eigenvalue weighted by Gasteiger charge is 2.18. The van der Waals surface area contributed by atoms with E-state index < -0.39 is 0 Å². The van der Waals surface area contributed by atoms with Crippen LogP contribution in [0.5, 0.6) is 0 Å². The van der Waals surface area contributed by atoms with Crippen LogP contribution in [0.1, 0.15) is 0 Å². The molecule has 0 aliphatic carbocycles. The summed E-state index contributed by atoms with van der Waals surface area (Å²) >= 11 is 0. The number of hydrogen-bond acceptors (Lipinski definition) is 4. The molecular weight excluding hydrogens is 309 g/mol. The Morgan fingerprint density at radius 2 is 1.83 bits per heavy atom. The molecular formula is C17H12FN5O. The Bertz CT molecular complexity index is 1100. The van der Waals surface area contributed by atoms with E-state index in [1.807, 2.05) is 0 Å². The molecule has 0 unspecified atom stereocenters. The summed E-state index contributed by atoms with van der Waals surface area (Å²) in [7, 11) is 1.59. The Morgan fingerprint density at radius 3 is 2.58 bits per heavy atom. The SMILES string of the molecule is Cn1nc(-c2c(-c3ccc(F)cc3)nn3ccncc23)ccc1=O. The van der Waals surface area contributed by atoms with E-state index in [1.165, 1.54) is 22.9 Å². The first-order valence-corrected chi connectivity index (χ1v) is 7.26. The lowest BCUT2D eigenvalue weighted by Crippen LogP contribution is -2.18. The fourth-order valence-corrected chi connectivity index (χ4v) is 2.60. The zero-order chi connectivity index (χ0) is 16.7. The third kappa shape index (κ3) is 2.26. The van der Waals surface area contributed by atoms with Gasteiger partial charge in [0.15, 0.2) is 0 Å². The van der Waals surface area contributed by atoms with Gasteiger partial charge in [0, 0.05) is 31.1 Å². The van der Waals surface area contributed by atoms with Gasteiger partial charge in [-0.1, -0.05) is 0 Å². The van der Waals surface area contributed by atoms with Crippen LogP contribution < -0.4 is 5.56 Å². The Balaban J connectivity index is 2.04. The molecule has 0 amide bonds. The summed E-state index contributed by atoms with van der Waals surface area (Å²) in [4.78, 5) is 15.8. The third-order valence-electron chi connectivity index (χ3n) is 3.77. The highest BCUT2D eigenvalue weighted by molar-refractivity contribution is 5.90. The van der Waals surface area contributed by atoms with Crippen molar-refractivity contribution in [3.8, 4) is 22.5 Å². The van der Waals surface area contributed by atoms with Crippen LogP contribution in [0.3, 0.4) is 0 Å². The van der Waals surface area contributed by atoms with Gasteiger partial charge in [0.25, 0.3) is 5.56 Å². The number of aryl methyl sites for hydroxylation is 1. The molecule has 7 heteroatoms. The molecule has 0 aliphatic rings. The molecule has 118 valence electrons. The van der Waals surface area contributed by atoms with Crippen molar-refractivity contribution in [2.24, 2.45) is 7.05 Å². The monoisotopic (exact) mass is 321 g/mol. The minimum absolute atomic E-state index is 0.198. The van der Waals surface area contributed by atoms with Crippen molar-refractivity contribution < 1.29 is 4.39 Å². The number of fused-ring (bicyclic) bond motifs is 1. The van der Waals surface area contributed by atoms with Crippen molar-refractivity contribution in [2.75, 3.05) is 0 Å². The second kappa shape index (κ2) is 5.38. The van der Waals surface area contributed by atoms with Crippen LogP contribution in [0.25, 0.3) is 28.0 Å². The van der Waals surface area contributed by atoms with E-state index in [-0.39, 0.29) is 11.4 Å². The van der Waals surface area contributed by atoms with Gasteiger partial charge in [0.1, 0.15) is 11.5 Å². The van der Waals surface area contributed by atoms with Gasteiger partial charge in [-0.3, -0.25) is 9.78 Å². The molecule has 0 atom stereocenters. The lowest BCUT2D eigenvalue weighted by molar-refractivity contribution is 0.628. The number of hydrogen-bond donors (Lipinski definition) is 0. The lowest BCUT2D eigenvalue weighted by atomic mass is 10.0. The van der Waals surface area contributed by atoms with Crippen molar-refractivity contribution in [2.45, 2.75) is 0 Å². The average Bonchev–Trinajstić information content (AvgIpc) is 2.97. The fraction of sp³-hybridized carbons (Fsp3) is 0.0588. The predicted octanol–water partition coefficient (Wildman–Crippen LogP) is 2.30. The summed E-state index contributed by atoms with van der Waals surface area (Å²) in [5.41, 5.74) is 3.30. The van der Waals surface area contributed by atoms with Crippen molar-refractivity contribution in [3.63, 3.8) is 0 Å². The van der Waals surface area contributed by atoms with Gasteiger partial charge in [-0.2, -0.15) is 10.2 Å². The molecule has 0 fully saturated rings. The van der Waals surface area contributed by atoms with Crippen LogP contribution in [0.4, 0.5) is 4.39 Å². The predicted molar refractivity (Wildman–Crippen MR) is 86.9 cm³/mol. The zero-order valence-electron chi connectivity index (χ0n) is 12.7. The molecule has 3 aromatic heterocycles. The molecule has 4 rings (SSSR count). The Kier molecular flexibility index (Phi) is 3.19. The van der Waals surface area contributed by atoms with Crippen molar-refractivity contribution in [1.82, 2.24) is 24.4 Å². The van der Waals surface area contributed by atoms with Gasteiger partial charge >= 0.3 is 0 Å². The Morgan fingerprint density at radius 1 is 1.04 bits per heavy atom. The quantitative estimate of drug-likeness (QED) is 0.568. The summed E-state index contributed by atoms with van der Waals surface area (Å²) in [5, 5.41) is 8.89. The van der Waals surface area contributed by atoms with E-state index >= 15 is 0 Å². The molecule has 0 aliphatic heterocycles. The molecule has 0 saturated heterocycles. The van der Waals surface area contributed by atoms with Gasteiger partial charge in [-0.05, 0) is 30.3 Å². The van der Waals surface area contributed by atoms with Crippen molar-refractivity contribution in [3.05, 3.63) is 71.2 Å². The second-order valence-corrected chi connectivity index (χ2v) is 5.32. The molecule has 24 heavy (non-hydrogen) atoms. The van der Waals surface area contributed by atoms with Crippen LogP contribution in [-0.4, -0.2) is 24.4 Å². The zero-order valence-corrected chi connectivity index (χ0v) is 12.7. The first-order chi connectivity index (χ1) is 11.6. The molecule has 0 radical (unpaired) electrons. The molecule has 3 heterocycles. The summed E-state index contributed by atoms with van der Waals surface area (Å²) in [6.45, 7) is 0. The van der Waals surface area contributed by atoms with Crippen molar-refractivity contribution in [1.29, 1.82) is 0 Å².